The van der Waals surface area contributed by atoms with Crippen LogP contribution in [0.3, 0.4) is 0 Å². The van der Waals surface area contributed by atoms with Crippen LogP contribution in [0, 0.1) is 5.41 Å². The summed E-state index contributed by atoms with van der Waals surface area (Å²) in [5.74, 6) is 0.947. The summed E-state index contributed by atoms with van der Waals surface area (Å²) in [5.41, 5.74) is 1.33. The van der Waals surface area contributed by atoms with Gasteiger partial charge in [-0.3, -0.25) is 4.67 Å². The summed E-state index contributed by atoms with van der Waals surface area (Å²) < 4.78 is 8.26. The molecule has 2 heterocycles. The van der Waals surface area contributed by atoms with E-state index in [1.165, 1.54) is 5.57 Å². The van der Waals surface area contributed by atoms with Gasteiger partial charge in [-0.2, -0.15) is 0 Å². The molecule has 2 aliphatic rings. The summed E-state index contributed by atoms with van der Waals surface area (Å²) in [7, 11) is 2.83. The predicted octanol–water partition coefficient (Wildman–Crippen LogP) is 4.02. The highest BCUT2D eigenvalue weighted by molar-refractivity contribution is 7.13. The Morgan fingerprint density at radius 2 is 2.00 bits per heavy atom. The average molecular weight is 289 g/mol. The Kier molecular flexibility index (Phi) is 5.39. The average Bonchev–Trinajstić information content (AvgIpc) is 2.80. The molecule has 2 nitrogen and oxygen atoms in total. The first-order valence-corrected chi connectivity index (χ1v) is 7.67. The van der Waals surface area contributed by atoms with Gasteiger partial charge in [0.1, 0.15) is 5.76 Å². The van der Waals surface area contributed by atoms with Crippen LogP contribution in [0.15, 0.2) is 60.9 Å². The predicted molar refractivity (Wildman–Crippen MR) is 89.2 cm³/mol. The molecule has 1 fully saturated rings. The van der Waals surface area contributed by atoms with Crippen molar-refractivity contribution in [3.63, 3.8) is 0 Å². The lowest BCUT2D eigenvalue weighted by Crippen LogP contribution is -2.27. The van der Waals surface area contributed by atoms with Crippen molar-refractivity contribution in [2.75, 3.05) is 19.7 Å². The molecule has 0 amide bonds. The maximum atomic E-state index is 5.94. The molecule has 3 heteroatoms. The van der Waals surface area contributed by atoms with Crippen LogP contribution >= 0.6 is 9.39 Å². The highest BCUT2D eigenvalue weighted by Crippen LogP contribution is 2.47. The Labute approximate surface area is 124 Å². The molecule has 0 N–H and O–H groups in total. The Morgan fingerprint density at radius 1 is 1.20 bits per heavy atom. The zero-order valence-electron chi connectivity index (χ0n) is 12.1. The summed E-state index contributed by atoms with van der Waals surface area (Å²) in [4.78, 5) is 0. The number of rotatable bonds is 2. The minimum atomic E-state index is 0.0681. The molecular formula is C17H24NOP. The minimum Gasteiger partial charge on any atom is -0.492 e. The monoisotopic (exact) mass is 289 g/mol. The van der Waals surface area contributed by atoms with Gasteiger partial charge in [0.2, 0.25) is 0 Å². The standard InChI is InChI=1S/C17H24NOP/c1-3-8-15-16(9-4-2)19-14-17(15)10-6-5-7-12-18(20)13-11-17/h3-6,8-9H,1-2,7,10-14,20H2/b6-5-,15-8?,16-9+. The zero-order valence-corrected chi connectivity index (χ0v) is 13.2. The van der Waals surface area contributed by atoms with Gasteiger partial charge in [-0.15, -0.1) is 0 Å². The minimum absolute atomic E-state index is 0.0681. The molecule has 2 rings (SSSR count). The summed E-state index contributed by atoms with van der Waals surface area (Å²) in [6, 6.07) is 0. The van der Waals surface area contributed by atoms with E-state index in [-0.39, 0.29) is 5.41 Å². The second-order valence-electron chi connectivity index (χ2n) is 5.40. The second kappa shape index (κ2) is 7.06. The van der Waals surface area contributed by atoms with E-state index < -0.39 is 0 Å². The molecule has 2 atom stereocenters. The van der Waals surface area contributed by atoms with Crippen molar-refractivity contribution in [1.82, 2.24) is 4.67 Å². The summed E-state index contributed by atoms with van der Waals surface area (Å²) >= 11 is 0. The van der Waals surface area contributed by atoms with E-state index in [1.54, 1.807) is 6.08 Å². The highest BCUT2D eigenvalue weighted by atomic mass is 31.0. The van der Waals surface area contributed by atoms with E-state index in [4.69, 9.17) is 4.74 Å². The Hall–Kier alpha value is -1.11. The van der Waals surface area contributed by atoms with Gasteiger partial charge in [0.25, 0.3) is 0 Å². The van der Waals surface area contributed by atoms with Crippen molar-refractivity contribution in [2.45, 2.75) is 19.3 Å². The van der Waals surface area contributed by atoms with Gasteiger partial charge >= 0.3 is 0 Å². The highest BCUT2D eigenvalue weighted by Gasteiger charge is 2.41. The van der Waals surface area contributed by atoms with Crippen LogP contribution in [0.5, 0.6) is 0 Å². The molecule has 0 aromatic rings. The molecule has 0 aliphatic carbocycles. The van der Waals surface area contributed by atoms with Crippen LogP contribution in [0.25, 0.3) is 0 Å². The summed E-state index contributed by atoms with van der Waals surface area (Å²) in [6.07, 6.45) is 15.5. The largest absolute Gasteiger partial charge is 0.492 e. The fourth-order valence-corrected chi connectivity index (χ4v) is 3.15. The summed E-state index contributed by atoms with van der Waals surface area (Å²) in [6.45, 7) is 10.5. The van der Waals surface area contributed by atoms with Crippen molar-refractivity contribution >= 4 is 9.39 Å². The fourth-order valence-electron chi connectivity index (χ4n) is 2.87. The lowest BCUT2D eigenvalue weighted by Gasteiger charge is -2.28. The SMILES string of the molecule is C=CC=C1/C(=C\C=C)OCC12C/C=C\CCN(P)CC2. The number of hydrogen-bond donors (Lipinski definition) is 0. The van der Waals surface area contributed by atoms with E-state index in [1.807, 2.05) is 12.2 Å². The van der Waals surface area contributed by atoms with E-state index in [2.05, 4.69) is 45.4 Å². The van der Waals surface area contributed by atoms with Gasteiger partial charge in [-0.1, -0.05) is 52.9 Å². The van der Waals surface area contributed by atoms with Crippen LogP contribution in [0.2, 0.25) is 0 Å². The molecule has 0 aromatic carbocycles. The van der Waals surface area contributed by atoms with E-state index in [0.717, 1.165) is 44.7 Å². The Balaban J connectivity index is 2.34. The topological polar surface area (TPSA) is 12.5 Å². The van der Waals surface area contributed by atoms with Gasteiger partial charge in [-0.25, -0.2) is 0 Å². The third-order valence-electron chi connectivity index (χ3n) is 4.03. The number of nitrogens with zero attached hydrogens (tertiary/aromatic N) is 1. The first-order valence-electron chi connectivity index (χ1n) is 7.15. The molecule has 1 spiro atoms. The first-order chi connectivity index (χ1) is 9.72. The van der Waals surface area contributed by atoms with E-state index in [0.29, 0.717) is 0 Å². The molecule has 108 valence electrons. The van der Waals surface area contributed by atoms with Gasteiger partial charge in [0, 0.05) is 24.1 Å². The molecule has 0 aromatic heterocycles. The molecular weight excluding hydrogens is 265 g/mol. The van der Waals surface area contributed by atoms with Crippen molar-refractivity contribution < 1.29 is 4.74 Å². The van der Waals surface area contributed by atoms with Gasteiger partial charge in [-0.05, 0) is 25.3 Å². The van der Waals surface area contributed by atoms with Crippen molar-refractivity contribution in [1.29, 1.82) is 0 Å². The molecule has 1 saturated heterocycles. The number of ether oxygens (including phenoxy) is 1. The lowest BCUT2D eigenvalue weighted by atomic mass is 9.75. The van der Waals surface area contributed by atoms with Crippen molar-refractivity contribution in [2.24, 2.45) is 5.41 Å². The first kappa shape index (κ1) is 15.3. The van der Waals surface area contributed by atoms with Gasteiger partial charge in [0.05, 0.1) is 6.61 Å². The third kappa shape index (κ3) is 3.31. The second-order valence-corrected chi connectivity index (χ2v) is 6.13. The normalized spacial score (nSPS) is 33.5. The number of allylic oxidation sites excluding steroid dienone is 6. The lowest BCUT2D eigenvalue weighted by molar-refractivity contribution is 0.175. The zero-order chi connectivity index (χ0) is 14.4. The van der Waals surface area contributed by atoms with Crippen LogP contribution < -0.4 is 0 Å². The smallest absolute Gasteiger partial charge is 0.123 e. The molecule has 0 saturated carbocycles. The quantitative estimate of drug-likeness (QED) is 0.562. The molecule has 2 aliphatic heterocycles. The molecule has 2 unspecified atom stereocenters. The van der Waals surface area contributed by atoms with Crippen LogP contribution in [0.1, 0.15) is 19.3 Å². The van der Waals surface area contributed by atoms with Crippen molar-refractivity contribution in [3.05, 3.63) is 60.9 Å². The molecule has 0 bridgehead atoms. The van der Waals surface area contributed by atoms with Crippen LogP contribution in [0.4, 0.5) is 0 Å². The molecule has 0 radical (unpaired) electrons. The van der Waals surface area contributed by atoms with Crippen LogP contribution in [-0.2, 0) is 4.74 Å². The van der Waals surface area contributed by atoms with Crippen LogP contribution in [-0.4, -0.2) is 24.4 Å². The summed E-state index contributed by atoms with van der Waals surface area (Å²) in [5, 5.41) is 0. The fraction of sp³-hybridized carbons (Fsp3) is 0.412. The molecule has 20 heavy (non-hydrogen) atoms. The van der Waals surface area contributed by atoms with E-state index in [9.17, 15) is 0 Å². The van der Waals surface area contributed by atoms with Crippen molar-refractivity contribution in [3.8, 4) is 0 Å². The van der Waals surface area contributed by atoms with E-state index >= 15 is 0 Å². The van der Waals surface area contributed by atoms with Gasteiger partial charge in [0.15, 0.2) is 0 Å². The van der Waals surface area contributed by atoms with Gasteiger partial charge < -0.3 is 4.74 Å². The number of hydrogen-bond acceptors (Lipinski definition) is 2. The maximum Gasteiger partial charge on any atom is 0.123 e. The Morgan fingerprint density at radius 3 is 2.75 bits per heavy atom. The maximum absolute atomic E-state index is 5.94. The Bertz CT molecular complexity index is 464. The third-order valence-corrected chi connectivity index (χ3v) is 4.55.